The number of ether oxygens (including phenoxy) is 2. The van der Waals surface area contributed by atoms with Crippen LogP contribution in [0.25, 0.3) is 16.5 Å². The molecule has 0 saturated carbocycles. The molecule has 1 fully saturated rings. The van der Waals surface area contributed by atoms with Gasteiger partial charge >= 0.3 is 5.97 Å². The Morgan fingerprint density at radius 3 is 2.53 bits per heavy atom. The van der Waals surface area contributed by atoms with Gasteiger partial charge in [0.2, 0.25) is 18.0 Å². The Bertz CT molecular complexity index is 843. The van der Waals surface area contributed by atoms with Gasteiger partial charge in [0.1, 0.15) is 24.0 Å². The number of phenols is 1. The average molecular weight is 534 g/mol. The predicted octanol–water partition coefficient (Wildman–Crippen LogP) is 0.511. The van der Waals surface area contributed by atoms with Crippen molar-refractivity contribution in [2.24, 2.45) is 5.11 Å². The Morgan fingerprint density at radius 2 is 1.97 bits per heavy atom. The minimum Gasteiger partial charge on any atom is -0.508 e. The van der Waals surface area contributed by atoms with Crippen molar-refractivity contribution in [2.45, 2.75) is 30.6 Å². The smallest absolute Gasteiger partial charge is 0.371 e. The number of aliphatic carboxylic acids is 1. The summed E-state index contributed by atoms with van der Waals surface area (Å²) in [5, 5.41) is 45.2. The van der Waals surface area contributed by atoms with Crippen LogP contribution in [-0.2, 0) is 19.1 Å². The zero-order valence-corrected chi connectivity index (χ0v) is 17.5. The first-order valence-corrected chi connectivity index (χ1v) is 10.1. The highest BCUT2D eigenvalue weighted by Gasteiger charge is 2.46. The topological polar surface area (TPSA) is 194 Å². The molecule has 5 atom stereocenters. The molecule has 1 aromatic carbocycles. The number of azide groups is 1. The fourth-order valence-corrected chi connectivity index (χ4v) is 2.89. The number of nitrogens with zero attached hydrogens (tertiary/aromatic N) is 3. The van der Waals surface area contributed by atoms with Gasteiger partial charge in [0.05, 0.1) is 17.1 Å². The largest absolute Gasteiger partial charge is 0.508 e. The number of nitrogens with one attached hydrogen (secondary N) is 1. The second-order valence-corrected chi connectivity index (χ2v) is 6.95. The standard InChI is InChI=1S/C17H19IN4O8/c18-6-12(24)21-13-15(26)14(25)11(7-20-22-19)30-17(13)29-10(16(27)28)5-8-1-3-9(23)4-2-8/h1-5,11,13-15,17,23,25-26H,6-7H2,(H,21,24)(H,27,28)/b10-5-/t11-,13-,14+,15-,17-/m1/s1. The number of rotatable bonds is 8. The van der Waals surface area contributed by atoms with Crippen molar-refractivity contribution in [2.75, 3.05) is 11.0 Å². The van der Waals surface area contributed by atoms with Gasteiger partial charge < -0.3 is 35.2 Å². The van der Waals surface area contributed by atoms with Crippen LogP contribution in [-0.4, -0.2) is 73.9 Å². The average Bonchev–Trinajstić information content (AvgIpc) is 2.72. The van der Waals surface area contributed by atoms with Crippen LogP contribution < -0.4 is 5.32 Å². The molecule has 2 rings (SSSR count). The van der Waals surface area contributed by atoms with Crippen LogP contribution in [0, 0.1) is 0 Å². The molecule has 0 bridgehead atoms. The van der Waals surface area contributed by atoms with E-state index in [9.17, 15) is 30.0 Å². The van der Waals surface area contributed by atoms with Crippen molar-refractivity contribution in [3.63, 3.8) is 0 Å². The van der Waals surface area contributed by atoms with Crippen molar-refractivity contribution in [1.29, 1.82) is 0 Å². The van der Waals surface area contributed by atoms with Crippen molar-refractivity contribution in [3.05, 3.63) is 46.0 Å². The van der Waals surface area contributed by atoms with Gasteiger partial charge in [0.15, 0.2) is 0 Å². The van der Waals surface area contributed by atoms with Crippen LogP contribution in [0.5, 0.6) is 5.75 Å². The van der Waals surface area contributed by atoms with Gasteiger partial charge in [-0.25, -0.2) is 4.79 Å². The lowest BCUT2D eigenvalue weighted by Gasteiger charge is -2.42. The molecule has 1 amide bonds. The molecule has 0 unspecified atom stereocenters. The monoisotopic (exact) mass is 534 g/mol. The zero-order chi connectivity index (χ0) is 22.3. The second kappa shape index (κ2) is 11.0. The number of carboxylic acid groups (broad SMARTS) is 1. The van der Waals surface area contributed by atoms with Crippen LogP contribution in [0.2, 0.25) is 0 Å². The van der Waals surface area contributed by atoms with Gasteiger partial charge in [0, 0.05) is 4.91 Å². The fraction of sp³-hybridized carbons (Fsp3) is 0.412. The minimum absolute atomic E-state index is 0.0138. The first-order chi connectivity index (χ1) is 14.3. The van der Waals surface area contributed by atoms with Crippen LogP contribution in [0.1, 0.15) is 5.56 Å². The van der Waals surface area contributed by atoms with E-state index in [0.29, 0.717) is 5.56 Å². The van der Waals surface area contributed by atoms with Crippen LogP contribution in [0.15, 0.2) is 35.1 Å². The van der Waals surface area contributed by atoms with Gasteiger partial charge in [-0.3, -0.25) is 4.79 Å². The van der Waals surface area contributed by atoms with E-state index < -0.39 is 48.3 Å². The summed E-state index contributed by atoms with van der Waals surface area (Å²) in [4.78, 5) is 26.1. The molecule has 0 aliphatic carbocycles. The third-order valence-electron chi connectivity index (χ3n) is 4.12. The molecule has 162 valence electrons. The Labute approximate surface area is 183 Å². The van der Waals surface area contributed by atoms with E-state index in [4.69, 9.17) is 15.0 Å². The minimum atomic E-state index is -1.58. The number of carboxylic acids is 1. The van der Waals surface area contributed by atoms with Crippen molar-refractivity contribution in [3.8, 4) is 5.75 Å². The summed E-state index contributed by atoms with van der Waals surface area (Å²) in [6.45, 7) is -0.356. The first-order valence-electron chi connectivity index (χ1n) is 8.55. The number of aromatic hydroxyl groups is 1. The van der Waals surface area contributed by atoms with Gasteiger partial charge in [-0.1, -0.05) is 39.8 Å². The van der Waals surface area contributed by atoms with E-state index >= 15 is 0 Å². The van der Waals surface area contributed by atoms with Crippen LogP contribution >= 0.6 is 22.6 Å². The quantitative estimate of drug-likeness (QED) is 0.0605. The molecule has 0 radical (unpaired) electrons. The molecule has 1 saturated heterocycles. The number of amides is 1. The molecule has 30 heavy (non-hydrogen) atoms. The maximum Gasteiger partial charge on any atom is 0.371 e. The Morgan fingerprint density at radius 1 is 1.30 bits per heavy atom. The SMILES string of the molecule is [N-]=[N+]=NC[C@H]1O[C@@H](O/C(=C\c2ccc(O)cc2)C(=O)O)[C@H](NC(=O)CI)[C@@H](O)[C@H]1O. The van der Waals surface area contributed by atoms with E-state index in [1.807, 2.05) is 0 Å². The predicted molar refractivity (Wildman–Crippen MR) is 110 cm³/mol. The normalized spacial score (nSPS) is 26.4. The highest BCUT2D eigenvalue weighted by Crippen LogP contribution is 2.25. The Hall–Kier alpha value is -2.58. The number of aliphatic hydroxyl groups is 2. The lowest BCUT2D eigenvalue weighted by molar-refractivity contribution is -0.250. The molecular weight excluding hydrogens is 515 g/mol. The maximum atomic E-state index is 11.8. The maximum absolute atomic E-state index is 11.8. The summed E-state index contributed by atoms with van der Waals surface area (Å²) in [7, 11) is 0. The van der Waals surface area contributed by atoms with E-state index in [2.05, 4.69) is 15.3 Å². The summed E-state index contributed by atoms with van der Waals surface area (Å²) >= 11 is 1.79. The number of hydrogen-bond acceptors (Lipinski definition) is 8. The molecule has 0 aromatic heterocycles. The molecule has 1 aromatic rings. The van der Waals surface area contributed by atoms with Crippen LogP contribution in [0.4, 0.5) is 0 Å². The molecule has 1 heterocycles. The molecule has 1 aliphatic heterocycles. The molecular formula is C17H19IN4O8. The fourth-order valence-electron chi connectivity index (χ4n) is 2.67. The number of aliphatic hydroxyl groups excluding tert-OH is 2. The van der Waals surface area contributed by atoms with Crippen molar-refractivity contribution in [1.82, 2.24) is 5.32 Å². The summed E-state index contributed by atoms with van der Waals surface area (Å²) in [5.74, 6) is -2.56. The van der Waals surface area contributed by atoms with Crippen LogP contribution in [0.3, 0.4) is 0 Å². The number of halogens is 1. The number of benzene rings is 1. The highest BCUT2D eigenvalue weighted by molar-refractivity contribution is 14.1. The van der Waals surface area contributed by atoms with Gasteiger partial charge in [-0.05, 0) is 29.3 Å². The van der Waals surface area contributed by atoms with Gasteiger partial charge in [-0.2, -0.15) is 0 Å². The number of hydrogen-bond donors (Lipinski definition) is 5. The lowest BCUT2D eigenvalue weighted by atomic mass is 9.96. The Kier molecular flexibility index (Phi) is 8.68. The second-order valence-electron chi connectivity index (χ2n) is 6.19. The van der Waals surface area contributed by atoms with E-state index in [1.54, 1.807) is 22.6 Å². The summed E-state index contributed by atoms with van der Waals surface area (Å²) < 4.78 is 11.0. The third kappa shape index (κ3) is 6.21. The Balaban J connectivity index is 2.34. The third-order valence-corrected chi connectivity index (χ3v) is 4.81. The number of carbonyl (C=O) groups is 2. The van der Waals surface area contributed by atoms with E-state index in [1.165, 1.54) is 24.3 Å². The summed E-state index contributed by atoms with van der Waals surface area (Å²) in [6, 6.07) is 4.29. The molecule has 0 spiro atoms. The number of alkyl halides is 1. The van der Waals surface area contributed by atoms with Crippen molar-refractivity contribution >= 4 is 40.5 Å². The number of carbonyl (C=O) groups excluding carboxylic acids is 1. The van der Waals surface area contributed by atoms with Gasteiger partial charge in [-0.15, -0.1) is 0 Å². The first kappa shape index (κ1) is 23.7. The number of phenolic OH excluding ortho intramolecular Hbond substituents is 1. The molecule has 1 aliphatic rings. The van der Waals surface area contributed by atoms with Crippen molar-refractivity contribution < 1.29 is 39.5 Å². The highest BCUT2D eigenvalue weighted by atomic mass is 127. The zero-order valence-electron chi connectivity index (χ0n) is 15.3. The van der Waals surface area contributed by atoms with E-state index in [-0.39, 0.29) is 16.7 Å². The summed E-state index contributed by atoms with van der Waals surface area (Å²) in [5.41, 5.74) is 8.87. The summed E-state index contributed by atoms with van der Waals surface area (Å²) in [6.07, 6.45) is -4.66. The molecule has 13 heteroatoms. The lowest BCUT2D eigenvalue weighted by Crippen LogP contribution is -2.64. The van der Waals surface area contributed by atoms with Gasteiger partial charge in [0.25, 0.3) is 0 Å². The molecule has 5 N–H and O–H groups in total. The molecule has 12 nitrogen and oxygen atoms in total. The van der Waals surface area contributed by atoms with E-state index in [0.717, 1.165) is 6.08 Å².